The van der Waals surface area contributed by atoms with E-state index in [0.717, 1.165) is 5.56 Å². The normalized spacial score (nSPS) is 10.8. The van der Waals surface area contributed by atoms with Crippen molar-refractivity contribution in [2.75, 3.05) is 24.1 Å². The molecule has 5 N–H and O–H groups in total. The molecule has 1 aromatic carbocycles. The van der Waals surface area contributed by atoms with Crippen molar-refractivity contribution in [1.82, 2.24) is 4.90 Å². The number of hydrogen-bond acceptors (Lipinski definition) is 4. The molecule has 0 radical (unpaired) electrons. The zero-order chi connectivity index (χ0) is 15.3. The van der Waals surface area contributed by atoms with Crippen LogP contribution in [0.4, 0.5) is 11.4 Å². The Hall–Kier alpha value is -2.08. The molecule has 0 unspecified atom stereocenters. The number of amides is 2. The van der Waals surface area contributed by atoms with E-state index in [0.29, 0.717) is 11.4 Å². The van der Waals surface area contributed by atoms with Gasteiger partial charge in [0.2, 0.25) is 11.8 Å². The van der Waals surface area contributed by atoms with Gasteiger partial charge < -0.3 is 16.8 Å². The molecular weight excluding hydrogens is 256 g/mol. The fourth-order valence-corrected chi connectivity index (χ4v) is 1.85. The largest absolute Gasteiger partial charge is 0.397 e. The SMILES string of the molecule is Cc1cccc(N)c1NC(=O)CN(CC(N)=O)C(C)C. The molecule has 20 heavy (non-hydrogen) atoms. The zero-order valence-electron chi connectivity index (χ0n) is 12.1. The lowest BCUT2D eigenvalue weighted by atomic mass is 10.1. The first-order valence-corrected chi connectivity index (χ1v) is 6.48. The summed E-state index contributed by atoms with van der Waals surface area (Å²) in [4.78, 5) is 24.7. The third-order valence-corrected chi connectivity index (χ3v) is 3.01. The van der Waals surface area contributed by atoms with Gasteiger partial charge in [-0.15, -0.1) is 0 Å². The molecule has 0 fully saturated rings. The smallest absolute Gasteiger partial charge is 0.238 e. The number of para-hydroxylation sites is 1. The van der Waals surface area contributed by atoms with E-state index < -0.39 is 5.91 Å². The third-order valence-electron chi connectivity index (χ3n) is 3.01. The third kappa shape index (κ3) is 4.55. The lowest BCUT2D eigenvalue weighted by Gasteiger charge is -2.24. The molecule has 6 heteroatoms. The fraction of sp³-hybridized carbons (Fsp3) is 0.429. The maximum absolute atomic E-state index is 12.1. The number of primary amides is 1. The molecule has 6 nitrogen and oxygen atoms in total. The summed E-state index contributed by atoms with van der Waals surface area (Å²) in [6.45, 7) is 5.81. The van der Waals surface area contributed by atoms with Gasteiger partial charge in [0.1, 0.15) is 0 Å². The number of nitrogens with two attached hydrogens (primary N) is 2. The molecule has 1 aromatic rings. The van der Waals surface area contributed by atoms with E-state index in [1.807, 2.05) is 32.9 Å². The molecule has 2 amide bonds. The van der Waals surface area contributed by atoms with Crippen molar-refractivity contribution in [2.24, 2.45) is 5.73 Å². The average Bonchev–Trinajstić information content (AvgIpc) is 2.32. The van der Waals surface area contributed by atoms with E-state index in [1.165, 1.54) is 0 Å². The number of benzene rings is 1. The van der Waals surface area contributed by atoms with Gasteiger partial charge in [0.05, 0.1) is 24.5 Å². The van der Waals surface area contributed by atoms with Crippen LogP contribution in [0, 0.1) is 6.92 Å². The van der Waals surface area contributed by atoms with E-state index in [-0.39, 0.29) is 25.0 Å². The van der Waals surface area contributed by atoms with E-state index in [9.17, 15) is 9.59 Å². The zero-order valence-corrected chi connectivity index (χ0v) is 12.1. The van der Waals surface area contributed by atoms with Crippen LogP contribution in [0.3, 0.4) is 0 Å². The van der Waals surface area contributed by atoms with Gasteiger partial charge >= 0.3 is 0 Å². The first-order valence-electron chi connectivity index (χ1n) is 6.48. The molecule has 0 aromatic heterocycles. The highest BCUT2D eigenvalue weighted by Crippen LogP contribution is 2.22. The van der Waals surface area contributed by atoms with Crippen LogP contribution in [0.2, 0.25) is 0 Å². The molecule has 110 valence electrons. The minimum Gasteiger partial charge on any atom is -0.397 e. The fourth-order valence-electron chi connectivity index (χ4n) is 1.85. The van der Waals surface area contributed by atoms with Crippen LogP contribution in [0.15, 0.2) is 18.2 Å². The number of aryl methyl sites for hydroxylation is 1. The first-order chi connectivity index (χ1) is 9.31. The number of nitrogen functional groups attached to an aromatic ring is 1. The molecule has 0 spiro atoms. The van der Waals surface area contributed by atoms with Crippen LogP contribution >= 0.6 is 0 Å². The topological polar surface area (TPSA) is 101 Å². The summed E-state index contributed by atoms with van der Waals surface area (Å²) >= 11 is 0. The molecule has 0 aliphatic heterocycles. The maximum Gasteiger partial charge on any atom is 0.238 e. The van der Waals surface area contributed by atoms with Crippen LogP contribution in [-0.4, -0.2) is 35.8 Å². The molecule has 0 saturated carbocycles. The Balaban J connectivity index is 2.73. The van der Waals surface area contributed by atoms with Crippen LogP contribution in [-0.2, 0) is 9.59 Å². The second-order valence-electron chi connectivity index (χ2n) is 5.05. The minimum atomic E-state index is -0.457. The van der Waals surface area contributed by atoms with Crippen molar-refractivity contribution in [1.29, 1.82) is 0 Å². The van der Waals surface area contributed by atoms with Gasteiger partial charge in [0.15, 0.2) is 0 Å². The summed E-state index contributed by atoms with van der Waals surface area (Å²) in [5.74, 6) is -0.678. The molecule has 0 bridgehead atoms. The molecular formula is C14H22N4O2. The van der Waals surface area contributed by atoms with Crippen molar-refractivity contribution < 1.29 is 9.59 Å². The van der Waals surface area contributed by atoms with Crippen LogP contribution in [0.5, 0.6) is 0 Å². The van der Waals surface area contributed by atoms with Crippen molar-refractivity contribution >= 4 is 23.2 Å². The Morgan fingerprint density at radius 2 is 1.95 bits per heavy atom. The van der Waals surface area contributed by atoms with Gasteiger partial charge in [-0.25, -0.2) is 0 Å². The minimum absolute atomic E-state index is 0.0440. The van der Waals surface area contributed by atoms with E-state index in [1.54, 1.807) is 11.0 Å². The van der Waals surface area contributed by atoms with Crippen LogP contribution in [0.1, 0.15) is 19.4 Å². The van der Waals surface area contributed by atoms with E-state index in [2.05, 4.69) is 5.32 Å². The maximum atomic E-state index is 12.1. The summed E-state index contributed by atoms with van der Waals surface area (Å²) in [6.07, 6.45) is 0. The first kappa shape index (κ1) is 16.0. The predicted molar refractivity (Wildman–Crippen MR) is 80.1 cm³/mol. The van der Waals surface area contributed by atoms with Crippen LogP contribution in [0.25, 0.3) is 0 Å². The molecule has 0 aliphatic carbocycles. The highest BCUT2D eigenvalue weighted by Gasteiger charge is 2.17. The number of rotatable bonds is 6. The molecule has 0 saturated heterocycles. The average molecular weight is 278 g/mol. The van der Waals surface area contributed by atoms with Gasteiger partial charge in [-0.3, -0.25) is 14.5 Å². The number of carbonyl (C=O) groups excluding carboxylic acids is 2. The Labute approximate surface area is 119 Å². The lowest BCUT2D eigenvalue weighted by molar-refractivity contribution is -0.121. The van der Waals surface area contributed by atoms with Gasteiger partial charge in [-0.1, -0.05) is 12.1 Å². The summed E-state index contributed by atoms with van der Waals surface area (Å²) in [5, 5.41) is 2.78. The Kier molecular flexibility index (Phi) is 5.52. The monoisotopic (exact) mass is 278 g/mol. The second-order valence-corrected chi connectivity index (χ2v) is 5.05. The van der Waals surface area contributed by atoms with E-state index >= 15 is 0 Å². The van der Waals surface area contributed by atoms with Crippen molar-refractivity contribution in [3.8, 4) is 0 Å². The number of carbonyl (C=O) groups is 2. The van der Waals surface area contributed by atoms with Crippen molar-refractivity contribution in [2.45, 2.75) is 26.8 Å². The Bertz CT molecular complexity index is 480. The highest BCUT2D eigenvalue weighted by atomic mass is 16.2. The number of hydrogen-bond donors (Lipinski definition) is 3. The lowest BCUT2D eigenvalue weighted by Crippen LogP contribution is -2.43. The molecule has 0 atom stereocenters. The predicted octanol–water partition coefficient (Wildman–Crippen LogP) is 0.711. The van der Waals surface area contributed by atoms with E-state index in [4.69, 9.17) is 11.5 Å². The second kappa shape index (κ2) is 6.91. The standard InChI is InChI=1S/C14H22N4O2/c1-9(2)18(7-12(16)19)8-13(20)17-14-10(3)5-4-6-11(14)15/h4-6,9H,7-8,15H2,1-3H3,(H2,16,19)(H,17,20). The highest BCUT2D eigenvalue weighted by molar-refractivity contribution is 5.96. The Morgan fingerprint density at radius 1 is 1.30 bits per heavy atom. The molecule has 0 heterocycles. The summed E-state index contributed by atoms with van der Waals surface area (Å²) < 4.78 is 0. The summed E-state index contributed by atoms with van der Waals surface area (Å²) in [6, 6.07) is 5.47. The summed E-state index contributed by atoms with van der Waals surface area (Å²) in [7, 11) is 0. The number of nitrogens with one attached hydrogen (secondary N) is 1. The van der Waals surface area contributed by atoms with Gasteiger partial charge in [0, 0.05) is 6.04 Å². The molecule has 0 aliphatic rings. The van der Waals surface area contributed by atoms with Gasteiger partial charge in [-0.05, 0) is 32.4 Å². The van der Waals surface area contributed by atoms with Crippen molar-refractivity contribution in [3.63, 3.8) is 0 Å². The summed E-state index contributed by atoms with van der Waals surface area (Å²) in [5.41, 5.74) is 13.0. The van der Waals surface area contributed by atoms with Crippen molar-refractivity contribution in [3.05, 3.63) is 23.8 Å². The Morgan fingerprint density at radius 3 is 2.45 bits per heavy atom. The number of anilines is 2. The van der Waals surface area contributed by atoms with Crippen LogP contribution < -0.4 is 16.8 Å². The quantitative estimate of drug-likeness (QED) is 0.667. The molecule has 1 rings (SSSR count). The van der Waals surface area contributed by atoms with Gasteiger partial charge in [0.25, 0.3) is 0 Å². The number of nitrogens with zero attached hydrogens (tertiary/aromatic N) is 1. The van der Waals surface area contributed by atoms with Gasteiger partial charge in [-0.2, -0.15) is 0 Å².